The summed E-state index contributed by atoms with van der Waals surface area (Å²) in [7, 11) is 1.63. The predicted molar refractivity (Wildman–Crippen MR) is 75.2 cm³/mol. The van der Waals surface area contributed by atoms with Gasteiger partial charge in [0.05, 0.1) is 11.4 Å². The van der Waals surface area contributed by atoms with E-state index in [1.54, 1.807) is 31.4 Å². The minimum atomic E-state index is -0.353. The number of amides is 1. The molecule has 0 bridgehead atoms. The van der Waals surface area contributed by atoms with E-state index in [2.05, 4.69) is 5.32 Å². The third-order valence-electron chi connectivity index (χ3n) is 2.82. The highest BCUT2D eigenvalue weighted by atomic mass is 16.2. The number of nitrogen functional groups attached to an aromatic ring is 1. The first-order chi connectivity index (χ1) is 8.97. The van der Waals surface area contributed by atoms with E-state index in [4.69, 9.17) is 5.73 Å². The Kier molecular flexibility index (Phi) is 3.37. The van der Waals surface area contributed by atoms with Gasteiger partial charge in [0.15, 0.2) is 0 Å². The number of carbonyl (C=O) groups is 1. The minimum Gasteiger partial charge on any atom is -0.397 e. The van der Waals surface area contributed by atoms with Gasteiger partial charge in [-0.1, -0.05) is 6.07 Å². The maximum atomic E-state index is 12.0. The number of rotatable bonds is 2. The smallest absolute Gasteiger partial charge is 0.255 e. The lowest BCUT2D eigenvalue weighted by atomic mass is 10.2. The van der Waals surface area contributed by atoms with E-state index in [1.165, 1.54) is 10.6 Å². The molecule has 0 aliphatic heterocycles. The molecule has 98 valence electrons. The van der Waals surface area contributed by atoms with Gasteiger partial charge in [-0.05, 0) is 30.7 Å². The second kappa shape index (κ2) is 4.97. The minimum absolute atomic E-state index is 0.232. The molecule has 19 heavy (non-hydrogen) atoms. The van der Waals surface area contributed by atoms with Crippen molar-refractivity contribution in [2.45, 2.75) is 6.92 Å². The van der Waals surface area contributed by atoms with Crippen LogP contribution in [0.5, 0.6) is 0 Å². The SMILES string of the molecule is Cc1ccc(NC(=O)c2ccn(C)c(=O)c2)c(N)c1. The number of benzene rings is 1. The molecule has 0 atom stereocenters. The fourth-order valence-electron chi connectivity index (χ4n) is 1.68. The number of nitrogens with two attached hydrogens (primary N) is 1. The number of nitrogens with zero attached hydrogens (tertiary/aromatic N) is 1. The van der Waals surface area contributed by atoms with E-state index in [0.717, 1.165) is 5.56 Å². The second-order valence-corrected chi connectivity index (χ2v) is 4.41. The molecule has 1 aromatic carbocycles. The van der Waals surface area contributed by atoms with Crippen molar-refractivity contribution >= 4 is 17.3 Å². The Morgan fingerprint density at radius 3 is 2.63 bits per heavy atom. The van der Waals surface area contributed by atoms with Crippen LogP contribution in [0.3, 0.4) is 0 Å². The van der Waals surface area contributed by atoms with Crippen LogP contribution in [-0.2, 0) is 7.05 Å². The Labute approximate surface area is 110 Å². The van der Waals surface area contributed by atoms with E-state index >= 15 is 0 Å². The predicted octanol–water partition coefficient (Wildman–Crippen LogP) is 1.53. The van der Waals surface area contributed by atoms with Gasteiger partial charge < -0.3 is 15.6 Å². The van der Waals surface area contributed by atoms with Crippen LogP contribution in [0, 0.1) is 6.92 Å². The molecule has 0 spiro atoms. The molecule has 0 aliphatic rings. The van der Waals surface area contributed by atoms with Gasteiger partial charge in [-0.3, -0.25) is 9.59 Å². The van der Waals surface area contributed by atoms with Crippen LogP contribution in [0.2, 0.25) is 0 Å². The molecular formula is C14H15N3O2. The molecule has 0 saturated heterocycles. The van der Waals surface area contributed by atoms with Gasteiger partial charge in [-0.25, -0.2) is 0 Å². The number of hydrogen-bond acceptors (Lipinski definition) is 3. The summed E-state index contributed by atoms with van der Waals surface area (Å²) in [6.07, 6.45) is 1.55. The fourth-order valence-corrected chi connectivity index (χ4v) is 1.68. The molecule has 5 nitrogen and oxygen atoms in total. The van der Waals surface area contributed by atoms with Gasteiger partial charge in [0.1, 0.15) is 0 Å². The molecule has 0 radical (unpaired) electrons. The van der Waals surface area contributed by atoms with Gasteiger partial charge in [0, 0.05) is 24.9 Å². The second-order valence-electron chi connectivity index (χ2n) is 4.41. The van der Waals surface area contributed by atoms with Crippen molar-refractivity contribution in [2.24, 2.45) is 7.05 Å². The summed E-state index contributed by atoms with van der Waals surface area (Å²) in [6.45, 7) is 1.92. The van der Waals surface area contributed by atoms with Crippen LogP contribution in [0.4, 0.5) is 11.4 Å². The summed E-state index contributed by atoms with van der Waals surface area (Å²) >= 11 is 0. The standard InChI is InChI=1S/C14H15N3O2/c1-9-3-4-12(11(15)7-9)16-14(19)10-5-6-17(2)13(18)8-10/h3-8H,15H2,1-2H3,(H,16,19). The topological polar surface area (TPSA) is 77.1 Å². The first-order valence-corrected chi connectivity index (χ1v) is 5.81. The van der Waals surface area contributed by atoms with E-state index in [9.17, 15) is 9.59 Å². The van der Waals surface area contributed by atoms with Crippen LogP contribution >= 0.6 is 0 Å². The van der Waals surface area contributed by atoms with Gasteiger partial charge in [-0.15, -0.1) is 0 Å². The lowest BCUT2D eigenvalue weighted by Crippen LogP contribution is -2.20. The Balaban J connectivity index is 2.25. The molecule has 0 aliphatic carbocycles. The first kappa shape index (κ1) is 12.9. The van der Waals surface area contributed by atoms with Gasteiger partial charge in [0.2, 0.25) is 0 Å². The van der Waals surface area contributed by atoms with Gasteiger partial charge in [0.25, 0.3) is 11.5 Å². The van der Waals surface area contributed by atoms with Crippen LogP contribution in [0.1, 0.15) is 15.9 Å². The van der Waals surface area contributed by atoms with E-state index in [-0.39, 0.29) is 11.5 Å². The summed E-state index contributed by atoms with van der Waals surface area (Å²) in [5, 5.41) is 2.69. The third-order valence-corrected chi connectivity index (χ3v) is 2.82. The maximum absolute atomic E-state index is 12.0. The number of nitrogens with one attached hydrogen (secondary N) is 1. The number of hydrogen-bond donors (Lipinski definition) is 2. The first-order valence-electron chi connectivity index (χ1n) is 5.81. The van der Waals surface area contributed by atoms with Crippen molar-refractivity contribution in [2.75, 3.05) is 11.1 Å². The quantitative estimate of drug-likeness (QED) is 0.801. The highest BCUT2D eigenvalue weighted by Crippen LogP contribution is 2.19. The molecule has 2 rings (SSSR count). The molecule has 1 amide bonds. The molecule has 1 aromatic heterocycles. The summed E-state index contributed by atoms with van der Waals surface area (Å²) < 4.78 is 1.40. The van der Waals surface area contributed by atoms with E-state index < -0.39 is 0 Å². The normalized spacial score (nSPS) is 10.2. The largest absolute Gasteiger partial charge is 0.397 e. The third kappa shape index (κ3) is 2.82. The van der Waals surface area contributed by atoms with Gasteiger partial charge >= 0.3 is 0 Å². The molecule has 1 heterocycles. The van der Waals surface area contributed by atoms with Crippen molar-refractivity contribution in [1.82, 2.24) is 4.57 Å². The van der Waals surface area contributed by atoms with E-state index in [0.29, 0.717) is 16.9 Å². The number of aromatic nitrogens is 1. The monoisotopic (exact) mass is 257 g/mol. The number of aryl methyl sites for hydroxylation is 2. The molecule has 2 aromatic rings. The molecule has 0 saturated carbocycles. The van der Waals surface area contributed by atoms with Gasteiger partial charge in [-0.2, -0.15) is 0 Å². The maximum Gasteiger partial charge on any atom is 0.255 e. The highest BCUT2D eigenvalue weighted by Gasteiger charge is 2.09. The van der Waals surface area contributed by atoms with Crippen LogP contribution in [0.15, 0.2) is 41.3 Å². The Bertz CT molecular complexity index is 689. The summed E-state index contributed by atoms with van der Waals surface area (Å²) in [4.78, 5) is 23.5. The zero-order valence-electron chi connectivity index (χ0n) is 10.8. The average molecular weight is 257 g/mol. The molecule has 5 heteroatoms. The molecule has 0 fully saturated rings. The number of anilines is 2. The van der Waals surface area contributed by atoms with Crippen molar-refractivity contribution < 1.29 is 4.79 Å². The van der Waals surface area contributed by atoms with Crippen LogP contribution < -0.4 is 16.6 Å². The average Bonchev–Trinajstić information content (AvgIpc) is 2.36. The number of carbonyl (C=O) groups excluding carboxylic acids is 1. The van der Waals surface area contributed by atoms with E-state index in [1.807, 2.05) is 13.0 Å². The fraction of sp³-hybridized carbons (Fsp3) is 0.143. The summed E-state index contributed by atoms with van der Waals surface area (Å²) in [5.41, 5.74) is 7.95. The van der Waals surface area contributed by atoms with Crippen LogP contribution in [0.25, 0.3) is 0 Å². The zero-order valence-corrected chi connectivity index (χ0v) is 10.8. The summed E-state index contributed by atoms with van der Waals surface area (Å²) in [5.74, 6) is -0.353. The molecule has 0 unspecified atom stereocenters. The van der Waals surface area contributed by atoms with Crippen molar-refractivity contribution in [3.63, 3.8) is 0 Å². The lowest BCUT2D eigenvalue weighted by Gasteiger charge is -2.09. The van der Waals surface area contributed by atoms with Crippen LogP contribution in [-0.4, -0.2) is 10.5 Å². The molecular weight excluding hydrogens is 242 g/mol. The van der Waals surface area contributed by atoms with Crippen molar-refractivity contribution in [3.05, 3.63) is 58.0 Å². The van der Waals surface area contributed by atoms with Crippen molar-refractivity contribution in [3.8, 4) is 0 Å². The Morgan fingerprint density at radius 1 is 1.26 bits per heavy atom. The molecule has 3 N–H and O–H groups in total. The van der Waals surface area contributed by atoms with Crippen molar-refractivity contribution in [1.29, 1.82) is 0 Å². The lowest BCUT2D eigenvalue weighted by molar-refractivity contribution is 0.102. The zero-order chi connectivity index (χ0) is 14.0. The highest BCUT2D eigenvalue weighted by molar-refractivity contribution is 6.05. The Hall–Kier alpha value is -2.56. The Morgan fingerprint density at radius 2 is 2.00 bits per heavy atom. The number of pyridine rings is 1. The summed E-state index contributed by atoms with van der Waals surface area (Å²) in [6, 6.07) is 8.25.